The van der Waals surface area contributed by atoms with E-state index in [-0.39, 0.29) is 29.7 Å². The van der Waals surface area contributed by atoms with Crippen LogP contribution in [0.1, 0.15) is 47.4 Å². The molecule has 3 atom stereocenters. The summed E-state index contributed by atoms with van der Waals surface area (Å²) in [5, 5.41) is 26.5. The maximum Gasteiger partial charge on any atom is 0.270 e. The number of anilines is 1. The smallest absolute Gasteiger partial charge is 0.270 e. The van der Waals surface area contributed by atoms with Gasteiger partial charge in [-0.3, -0.25) is 14.4 Å². The van der Waals surface area contributed by atoms with E-state index in [4.69, 9.17) is 5.73 Å². The Balaban J connectivity index is 1.03. The molecule has 3 amide bonds. The molecule has 7 rings (SSSR count). The third kappa shape index (κ3) is 7.37. The zero-order chi connectivity index (χ0) is 33.9. The lowest BCUT2D eigenvalue weighted by molar-refractivity contribution is -0.130. The number of aryl methyl sites for hydroxylation is 1. The van der Waals surface area contributed by atoms with Crippen LogP contribution in [0.2, 0.25) is 0 Å². The van der Waals surface area contributed by atoms with Crippen LogP contribution in [0, 0.1) is 30.6 Å². The molecule has 2 aliphatic carbocycles. The van der Waals surface area contributed by atoms with E-state index in [1.807, 2.05) is 37.3 Å². The molecular formula is C36H42N10O3. The highest BCUT2D eigenvalue weighted by Crippen LogP contribution is 2.41. The van der Waals surface area contributed by atoms with Gasteiger partial charge >= 0.3 is 0 Å². The van der Waals surface area contributed by atoms with E-state index < -0.39 is 6.04 Å². The van der Waals surface area contributed by atoms with Gasteiger partial charge in [0, 0.05) is 54.0 Å². The van der Waals surface area contributed by atoms with Gasteiger partial charge in [-0.1, -0.05) is 30.3 Å². The van der Waals surface area contributed by atoms with E-state index in [2.05, 4.69) is 46.9 Å². The van der Waals surface area contributed by atoms with Gasteiger partial charge in [-0.05, 0) is 104 Å². The number of nitrogens with two attached hydrogens (primary N) is 1. The molecule has 4 aromatic rings. The number of benzene rings is 2. The molecule has 1 aliphatic heterocycles. The summed E-state index contributed by atoms with van der Waals surface area (Å²) in [6.07, 6.45) is 3.67. The van der Waals surface area contributed by atoms with Crippen LogP contribution in [0.3, 0.4) is 0 Å². The second-order valence-corrected chi connectivity index (χ2v) is 13.5. The van der Waals surface area contributed by atoms with Crippen LogP contribution >= 0.6 is 0 Å². The number of nitrogens with zero attached hydrogens (tertiary/aromatic N) is 4. The maximum absolute atomic E-state index is 13.7. The molecule has 0 bridgehead atoms. The molecule has 3 aliphatic rings. The van der Waals surface area contributed by atoms with Crippen molar-refractivity contribution in [3.63, 3.8) is 0 Å². The van der Waals surface area contributed by atoms with Gasteiger partial charge in [0.25, 0.3) is 5.91 Å². The van der Waals surface area contributed by atoms with Crippen molar-refractivity contribution in [2.24, 2.45) is 29.4 Å². The average Bonchev–Trinajstić information content (AvgIpc) is 3.52. The number of amides is 3. The van der Waals surface area contributed by atoms with Crippen LogP contribution in [0.5, 0.6) is 0 Å². The predicted octanol–water partition coefficient (Wildman–Crippen LogP) is 2.62. The van der Waals surface area contributed by atoms with Gasteiger partial charge in [-0.25, -0.2) is 4.98 Å². The van der Waals surface area contributed by atoms with E-state index in [9.17, 15) is 14.4 Å². The van der Waals surface area contributed by atoms with Crippen LogP contribution in [0.15, 0.2) is 60.7 Å². The van der Waals surface area contributed by atoms with Crippen molar-refractivity contribution in [2.75, 3.05) is 25.0 Å². The number of H-pyrrole nitrogens is 1. The Labute approximate surface area is 284 Å². The first-order chi connectivity index (χ1) is 23.9. The first-order valence-corrected chi connectivity index (χ1v) is 17.1. The summed E-state index contributed by atoms with van der Waals surface area (Å²) < 4.78 is 0. The molecule has 0 radical (unpaired) electrons. The van der Waals surface area contributed by atoms with Crippen LogP contribution in [-0.4, -0.2) is 75.0 Å². The predicted molar refractivity (Wildman–Crippen MR) is 184 cm³/mol. The SMILES string of the molecule is Cc1nc(C(=O)NC2C3CNCC32)ccc1-c1ccc(C[C@H](NC(=O)C2CCC(CN)CC2)C(=O)Nc2ccc(-c3nn[nH]n3)cc2)cc1. The minimum absolute atomic E-state index is 0.105. The number of hydrogen-bond donors (Lipinski definition) is 6. The number of carbonyl (C=O) groups excluding carboxylic acids is 3. The second kappa shape index (κ2) is 14.2. The summed E-state index contributed by atoms with van der Waals surface area (Å²) in [6, 6.07) is 18.2. The molecule has 254 valence electrons. The molecular weight excluding hydrogens is 620 g/mol. The first kappa shape index (κ1) is 32.5. The number of carbonyl (C=O) groups is 3. The fraction of sp³-hybridized carbons (Fsp3) is 0.417. The number of piperidine rings is 1. The Morgan fingerprint density at radius 2 is 1.63 bits per heavy atom. The molecule has 2 unspecified atom stereocenters. The van der Waals surface area contributed by atoms with Gasteiger partial charge in [0.2, 0.25) is 17.6 Å². The number of aromatic amines is 1. The van der Waals surface area contributed by atoms with Crippen LogP contribution in [0.25, 0.3) is 22.5 Å². The van der Waals surface area contributed by atoms with E-state index in [1.54, 1.807) is 30.3 Å². The summed E-state index contributed by atoms with van der Waals surface area (Å²) in [5.74, 6) is 1.29. The lowest BCUT2D eigenvalue weighted by Crippen LogP contribution is -2.48. The second-order valence-electron chi connectivity index (χ2n) is 13.5. The van der Waals surface area contributed by atoms with Crippen LogP contribution in [-0.2, 0) is 16.0 Å². The van der Waals surface area contributed by atoms with Crippen molar-refractivity contribution in [3.05, 3.63) is 77.6 Å². The molecule has 13 heteroatoms. The Bertz CT molecular complexity index is 1780. The number of hydrogen-bond acceptors (Lipinski definition) is 9. The molecule has 1 saturated heterocycles. The summed E-state index contributed by atoms with van der Waals surface area (Å²) >= 11 is 0. The first-order valence-electron chi connectivity index (χ1n) is 17.1. The molecule has 3 fully saturated rings. The Kier molecular flexibility index (Phi) is 9.45. The van der Waals surface area contributed by atoms with Crippen molar-refractivity contribution in [1.82, 2.24) is 41.6 Å². The minimum atomic E-state index is -0.787. The van der Waals surface area contributed by atoms with Crippen molar-refractivity contribution >= 4 is 23.4 Å². The number of fused-ring (bicyclic) bond motifs is 1. The molecule has 2 saturated carbocycles. The number of nitrogens with one attached hydrogen (secondary N) is 5. The van der Waals surface area contributed by atoms with Crippen LogP contribution in [0.4, 0.5) is 5.69 Å². The third-order valence-corrected chi connectivity index (χ3v) is 10.4. The molecule has 2 aromatic heterocycles. The van der Waals surface area contributed by atoms with Gasteiger partial charge in [0.05, 0.1) is 0 Å². The van der Waals surface area contributed by atoms with Gasteiger partial charge in [-0.15, -0.1) is 10.2 Å². The number of tetrazole rings is 1. The molecule has 3 heterocycles. The Morgan fingerprint density at radius 3 is 2.29 bits per heavy atom. The normalized spacial score (nSPS) is 23.3. The molecule has 2 aromatic carbocycles. The highest BCUT2D eigenvalue weighted by molar-refractivity contribution is 5.98. The zero-order valence-corrected chi connectivity index (χ0v) is 27.5. The largest absolute Gasteiger partial charge is 0.347 e. The van der Waals surface area contributed by atoms with Gasteiger partial charge in [0.15, 0.2) is 0 Å². The molecule has 49 heavy (non-hydrogen) atoms. The quantitative estimate of drug-likeness (QED) is 0.140. The van der Waals surface area contributed by atoms with Crippen molar-refractivity contribution in [3.8, 4) is 22.5 Å². The maximum atomic E-state index is 13.7. The highest BCUT2D eigenvalue weighted by Gasteiger charge is 2.53. The molecule has 7 N–H and O–H groups in total. The van der Waals surface area contributed by atoms with Crippen molar-refractivity contribution in [1.29, 1.82) is 0 Å². The lowest BCUT2D eigenvalue weighted by atomic mass is 9.81. The fourth-order valence-electron chi connectivity index (χ4n) is 7.28. The Morgan fingerprint density at radius 1 is 0.918 bits per heavy atom. The van der Waals surface area contributed by atoms with Crippen molar-refractivity contribution < 1.29 is 14.4 Å². The van der Waals surface area contributed by atoms with E-state index in [0.717, 1.165) is 66.7 Å². The number of aromatic nitrogens is 5. The highest BCUT2D eigenvalue weighted by atomic mass is 16.2. The monoisotopic (exact) mass is 662 g/mol. The summed E-state index contributed by atoms with van der Waals surface area (Å²) in [5.41, 5.74) is 11.2. The molecule has 13 nitrogen and oxygen atoms in total. The summed E-state index contributed by atoms with van der Waals surface area (Å²) in [4.78, 5) is 44.5. The third-order valence-electron chi connectivity index (χ3n) is 10.4. The Hall–Kier alpha value is -5.01. The van der Waals surface area contributed by atoms with E-state index in [1.165, 1.54) is 0 Å². The van der Waals surface area contributed by atoms with E-state index in [0.29, 0.717) is 47.9 Å². The van der Waals surface area contributed by atoms with Gasteiger partial charge in [-0.2, -0.15) is 5.21 Å². The minimum Gasteiger partial charge on any atom is -0.347 e. The van der Waals surface area contributed by atoms with E-state index >= 15 is 0 Å². The number of pyridine rings is 1. The zero-order valence-electron chi connectivity index (χ0n) is 27.5. The van der Waals surface area contributed by atoms with Gasteiger partial charge < -0.3 is 27.0 Å². The summed E-state index contributed by atoms with van der Waals surface area (Å²) in [7, 11) is 0. The average molecular weight is 663 g/mol. The van der Waals surface area contributed by atoms with Crippen molar-refractivity contribution in [2.45, 2.75) is 51.1 Å². The summed E-state index contributed by atoms with van der Waals surface area (Å²) in [6.45, 7) is 4.46. The molecule has 0 spiro atoms. The lowest BCUT2D eigenvalue weighted by Gasteiger charge is -2.28. The standard InChI is InChI=1S/C36H42N10O3/c1-20-27(14-15-30(39-20)35(48)42-32-28-18-38-19-29(28)32)23-6-2-21(3-7-23)16-31(41-34(47)25-8-4-22(17-37)5-9-25)36(49)40-26-12-10-24(11-13-26)33-43-45-46-44-33/h2-3,6-7,10-15,22,25,28-29,31-32,38H,4-5,8-9,16-19,37H2,1H3,(H,40,49)(H,41,47)(H,42,48)(H,43,44,45,46)/t22?,25?,28?,29?,31-,32?/m0/s1. The van der Waals surface area contributed by atoms with Gasteiger partial charge in [0.1, 0.15) is 11.7 Å². The topological polar surface area (TPSA) is 193 Å². The van der Waals surface area contributed by atoms with Crippen LogP contribution < -0.4 is 27.0 Å². The number of rotatable bonds is 11. The fourth-order valence-corrected chi connectivity index (χ4v) is 7.28.